The molecule has 21 heavy (non-hydrogen) atoms. The summed E-state index contributed by atoms with van der Waals surface area (Å²) in [7, 11) is 0. The van der Waals surface area contributed by atoms with Crippen molar-refractivity contribution in [1.82, 2.24) is 0 Å². The van der Waals surface area contributed by atoms with Crippen molar-refractivity contribution in [2.45, 2.75) is 0 Å². The summed E-state index contributed by atoms with van der Waals surface area (Å²) in [5.74, 6) is -0.224. The number of halogens is 2. The van der Waals surface area contributed by atoms with E-state index in [0.717, 1.165) is 25.8 Å². The van der Waals surface area contributed by atoms with Crippen LogP contribution >= 0.6 is 43.2 Å². The van der Waals surface area contributed by atoms with E-state index in [1.807, 2.05) is 12.1 Å². The van der Waals surface area contributed by atoms with Crippen LogP contribution in [0.5, 0.6) is 0 Å². The zero-order chi connectivity index (χ0) is 15.1. The van der Waals surface area contributed by atoms with Crippen LogP contribution in [0.25, 0.3) is 11.6 Å². The van der Waals surface area contributed by atoms with Crippen LogP contribution in [0, 0.1) is 10.1 Å². The summed E-state index contributed by atoms with van der Waals surface area (Å²) >= 11 is 7.83. The van der Waals surface area contributed by atoms with E-state index in [-0.39, 0.29) is 10.9 Å². The number of nitrogens with zero attached hydrogens (tertiary/aromatic N) is 1. The number of carbonyl (C=O) groups is 1. The molecule has 0 saturated carbocycles. The highest BCUT2D eigenvalue weighted by Gasteiger charge is 2.26. The Kier molecular flexibility index (Phi) is 3.68. The van der Waals surface area contributed by atoms with Gasteiger partial charge in [0, 0.05) is 31.5 Å². The first kappa shape index (κ1) is 14.4. The number of thiophene rings is 1. The first-order chi connectivity index (χ1) is 9.95. The molecule has 0 radical (unpaired) electrons. The van der Waals surface area contributed by atoms with Crippen molar-refractivity contribution in [3.05, 3.63) is 53.8 Å². The van der Waals surface area contributed by atoms with E-state index in [1.54, 1.807) is 11.5 Å². The van der Waals surface area contributed by atoms with Gasteiger partial charge in [-0.05, 0) is 39.7 Å². The minimum absolute atomic E-state index is 0.0518. The van der Waals surface area contributed by atoms with Gasteiger partial charge in [0.2, 0.25) is 0 Å². The Labute approximate surface area is 140 Å². The Morgan fingerprint density at radius 1 is 1.29 bits per heavy atom. The van der Waals surface area contributed by atoms with E-state index in [1.165, 1.54) is 6.07 Å². The second kappa shape index (κ2) is 5.36. The molecule has 2 heterocycles. The molecule has 0 bridgehead atoms. The maximum absolute atomic E-state index is 12.1. The van der Waals surface area contributed by atoms with Gasteiger partial charge in [0.15, 0.2) is 0 Å². The highest BCUT2D eigenvalue weighted by atomic mass is 79.9. The molecule has 0 saturated heterocycles. The molecule has 3 rings (SSSR count). The van der Waals surface area contributed by atoms with E-state index in [2.05, 4.69) is 37.2 Å². The second-order valence-electron chi connectivity index (χ2n) is 4.30. The lowest BCUT2D eigenvalue weighted by Gasteiger charge is -2.02. The van der Waals surface area contributed by atoms with Crippen LogP contribution in [0.3, 0.4) is 0 Å². The van der Waals surface area contributed by atoms with Crippen LogP contribution in [0.2, 0.25) is 0 Å². The molecule has 1 aromatic heterocycles. The van der Waals surface area contributed by atoms with E-state index in [9.17, 15) is 14.9 Å². The molecule has 0 spiro atoms. The van der Waals surface area contributed by atoms with Gasteiger partial charge in [0.25, 0.3) is 5.91 Å². The van der Waals surface area contributed by atoms with Gasteiger partial charge in [-0.2, -0.15) is 0 Å². The summed E-state index contributed by atoms with van der Waals surface area (Å²) in [6.45, 7) is 0. The van der Waals surface area contributed by atoms with Gasteiger partial charge in [-0.3, -0.25) is 14.9 Å². The first-order valence-electron chi connectivity index (χ1n) is 5.71. The standard InChI is InChI=1S/C13H6Br2N2O3S/c14-7-3-8-9(13(18)16-12(8)10(15)4-7)1-6-2-11(17(19)20)21-5-6/h1-5H,(H,16,18). The van der Waals surface area contributed by atoms with Gasteiger partial charge in [0.1, 0.15) is 0 Å². The maximum atomic E-state index is 12.1. The molecule has 0 fully saturated rings. The monoisotopic (exact) mass is 428 g/mol. The van der Waals surface area contributed by atoms with Crippen LogP contribution in [0.4, 0.5) is 10.7 Å². The minimum Gasteiger partial charge on any atom is -0.320 e. The Balaban J connectivity index is 2.09. The van der Waals surface area contributed by atoms with Crippen molar-refractivity contribution in [3.63, 3.8) is 0 Å². The minimum atomic E-state index is -0.442. The molecule has 0 aliphatic carbocycles. The smallest absolute Gasteiger partial charge is 0.320 e. The Morgan fingerprint density at radius 2 is 2.05 bits per heavy atom. The molecule has 0 unspecified atom stereocenters. The lowest BCUT2D eigenvalue weighted by Crippen LogP contribution is -2.03. The van der Waals surface area contributed by atoms with Crippen LogP contribution in [0.15, 0.2) is 32.5 Å². The van der Waals surface area contributed by atoms with Crippen molar-refractivity contribution in [3.8, 4) is 0 Å². The fourth-order valence-corrected chi connectivity index (χ4v) is 4.04. The Bertz CT molecular complexity index is 814. The molecule has 1 N–H and O–H groups in total. The van der Waals surface area contributed by atoms with Crippen molar-refractivity contribution >= 4 is 71.4 Å². The average molecular weight is 430 g/mol. The first-order valence-corrected chi connectivity index (χ1v) is 8.17. The van der Waals surface area contributed by atoms with Crippen molar-refractivity contribution in [1.29, 1.82) is 0 Å². The molecule has 0 atom stereocenters. The number of hydrogen-bond acceptors (Lipinski definition) is 4. The van der Waals surface area contributed by atoms with Crippen molar-refractivity contribution in [2.24, 2.45) is 0 Å². The third-order valence-electron chi connectivity index (χ3n) is 2.93. The fourth-order valence-electron chi connectivity index (χ4n) is 2.04. The van der Waals surface area contributed by atoms with Crippen LogP contribution in [-0.4, -0.2) is 10.8 Å². The number of anilines is 1. The fraction of sp³-hybridized carbons (Fsp3) is 0. The summed E-state index contributed by atoms with van der Waals surface area (Å²) < 4.78 is 1.62. The van der Waals surface area contributed by atoms with Crippen LogP contribution in [0.1, 0.15) is 11.1 Å². The number of carbonyl (C=O) groups excluding carboxylic acids is 1. The zero-order valence-electron chi connectivity index (χ0n) is 10.2. The van der Waals surface area contributed by atoms with E-state index in [0.29, 0.717) is 16.8 Å². The van der Waals surface area contributed by atoms with Gasteiger partial charge in [-0.1, -0.05) is 27.3 Å². The summed E-state index contributed by atoms with van der Waals surface area (Å²) in [5, 5.41) is 15.2. The number of amides is 1. The lowest BCUT2D eigenvalue weighted by atomic mass is 10.1. The topological polar surface area (TPSA) is 72.2 Å². The summed E-state index contributed by atoms with van der Waals surface area (Å²) in [6.07, 6.45) is 1.66. The number of nitro groups is 1. The zero-order valence-corrected chi connectivity index (χ0v) is 14.2. The predicted molar refractivity (Wildman–Crippen MR) is 89.3 cm³/mol. The predicted octanol–water partition coefficient (Wildman–Crippen LogP) is 4.67. The van der Waals surface area contributed by atoms with Crippen LogP contribution in [-0.2, 0) is 4.79 Å². The van der Waals surface area contributed by atoms with Gasteiger partial charge >= 0.3 is 5.00 Å². The molecule has 1 aromatic carbocycles. The van der Waals surface area contributed by atoms with E-state index < -0.39 is 4.92 Å². The average Bonchev–Trinajstić information content (AvgIpc) is 2.98. The van der Waals surface area contributed by atoms with Gasteiger partial charge in [-0.15, -0.1) is 0 Å². The molecule has 1 amide bonds. The molecule has 2 aromatic rings. The second-order valence-corrected chi connectivity index (χ2v) is 6.96. The highest BCUT2D eigenvalue weighted by molar-refractivity contribution is 9.11. The quantitative estimate of drug-likeness (QED) is 0.428. The molecular weight excluding hydrogens is 424 g/mol. The molecule has 1 aliphatic rings. The highest BCUT2D eigenvalue weighted by Crippen LogP contribution is 2.40. The summed E-state index contributed by atoms with van der Waals surface area (Å²) in [4.78, 5) is 22.4. The van der Waals surface area contributed by atoms with Gasteiger partial charge in [-0.25, -0.2) is 0 Å². The number of benzene rings is 1. The summed E-state index contributed by atoms with van der Waals surface area (Å²) in [6, 6.07) is 5.14. The number of hydrogen-bond donors (Lipinski definition) is 1. The molecule has 1 aliphatic heterocycles. The molecular formula is C13H6Br2N2O3S. The van der Waals surface area contributed by atoms with Gasteiger partial charge in [0.05, 0.1) is 10.6 Å². The Hall–Kier alpha value is -1.51. The van der Waals surface area contributed by atoms with Gasteiger partial charge < -0.3 is 5.32 Å². The number of rotatable bonds is 2. The van der Waals surface area contributed by atoms with Crippen molar-refractivity contribution < 1.29 is 9.72 Å². The number of nitrogens with one attached hydrogen (secondary N) is 1. The third kappa shape index (κ3) is 2.66. The third-order valence-corrected chi connectivity index (χ3v) is 4.91. The number of fused-ring (bicyclic) bond motifs is 1. The van der Waals surface area contributed by atoms with Crippen molar-refractivity contribution in [2.75, 3.05) is 5.32 Å². The molecule has 106 valence electrons. The van der Waals surface area contributed by atoms with E-state index >= 15 is 0 Å². The maximum Gasteiger partial charge on any atom is 0.324 e. The SMILES string of the molecule is O=C1Nc2c(Br)cc(Br)cc2C1=Cc1csc([N+](=O)[O-])c1. The molecule has 5 nitrogen and oxygen atoms in total. The molecule has 8 heteroatoms. The normalized spacial score (nSPS) is 15.1. The largest absolute Gasteiger partial charge is 0.324 e. The Morgan fingerprint density at radius 3 is 2.71 bits per heavy atom. The summed E-state index contributed by atoms with van der Waals surface area (Å²) in [5.41, 5.74) is 2.59. The van der Waals surface area contributed by atoms with E-state index in [4.69, 9.17) is 0 Å². The lowest BCUT2D eigenvalue weighted by molar-refractivity contribution is -0.380. The van der Waals surface area contributed by atoms with Crippen LogP contribution < -0.4 is 5.32 Å².